The van der Waals surface area contributed by atoms with Gasteiger partial charge < -0.3 is 9.80 Å². The minimum Gasteiger partial charge on any atom is -0.317 e. The lowest BCUT2D eigenvalue weighted by atomic mass is 9.94. The number of rotatable bonds is 4. The largest absolute Gasteiger partial charge is 0.317 e. The monoisotopic (exact) mass is 481 g/mol. The second kappa shape index (κ2) is 9.25. The number of nitrogens with zero attached hydrogens (tertiary/aromatic N) is 3. The minimum atomic E-state index is 0.0478. The predicted molar refractivity (Wildman–Crippen MR) is 156 cm³/mol. The first kappa shape index (κ1) is 23.1. The zero-order chi connectivity index (χ0) is 25.5. The summed E-state index contributed by atoms with van der Waals surface area (Å²) >= 11 is 0. The molecule has 0 radical (unpaired) electrons. The second-order valence-corrected chi connectivity index (χ2v) is 9.81. The van der Waals surface area contributed by atoms with Gasteiger partial charge in [-0.05, 0) is 62.6 Å². The third-order valence-corrected chi connectivity index (χ3v) is 7.32. The molecule has 3 heteroatoms. The van der Waals surface area contributed by atoms with Crippen LogP contribution in [0.25, 0.3) is 22.3 Å². The molecular weight excluding hydrogens is 450 g/mol. The van der Waals surface area contributed by atoms with Gasteiger partial charge in [-0.25, -0.2) is 0 Å². The lowest BCUT2D eigenvalue weighted by molar-refractivity contribution is 0.755. The molecule has 182 valence electrons. The van der Waals surface area contributed by atoms with E-state index in [2.05, 4.69) is 147 Å². The Morgan fingerprint density at radius 3 is 1.57 bits per heavy atom. The third kappa shape index (κ3) is 3.88. The molecule has 0 N–H and O–H groups in total. The summed E-state index contributed by atoms with van der Waals surface area (Å²) in [6, 6.07) is 39.1. The summed E-state index contributed by atoms with van der Waals surface area (Å²) in [4.78, 5) is 9.83. The standard InChI is InChI=1S/C34H31N3/c1-23-22-24(2)35-25(3)33(23)36-26(4)37(32-21-12-11-20-31(32)36)34-29(27-14-7-5-8-15-27)18-13-19-30(34)28-16-9-6-10-17-28/h5-22,26H,1-4H3/t26-/m0/s1. The quantitative estimate of drug-likeness (QED) is 0.255. The molecule has 0 amide bonds. The first-order chi connectivity index (χ1) is 18.0. The summed E-state index contributed by atoms with van der Waals surface area (Å²) in [6.45, 7) is 8.69. The Balaban J connectivity index is 1.63. The van der Waals surface area contributed by atoms with Crippen LogP contribution >= 0.6 is 0 Å². The highest BCUT2D eigenvalue weighted by atomic mass is 15.4. The number of anilines is 4. The highest BCUT2D eigenvalue weighted by Gasteiger charge is 2.38. The average molecular weight is 482 g/mol. The molecule has 1 aromatic heterocycles. The predicted octanol–water partition coefficient (Wildman–Crippen LogP) is 8.98. The van der Waals surface area contributed by atoms with Crippen molar-refractivity contribution in [1.29, 1.82) is 0 Å². The minimum absolute atomic E-state index is 0.0478. The van der Waals surface area contributed by atoms with Crippen LogP contribution in [0, 0.1) is 20.8 Å². The Bertz CT molecular complexity index is 1490. The van der Waals surface area contributed by atoms with Gasteiger partial charge in [-0.15, -0.1) is 0 Å². The highest BCUT2D eigenvalue weighted by Crippen LogP contribution is 2.53. The molecule has 0 saturated heterocycles. The SMILES string of the molecule is Cc1cc(C)c(N2c3ccccc3N(c3c(-c4ccccc4)cccc3-c3ccccc3)[C@H]2C)c(C)n1. The van der Waals surface area contributed by atoms with Crippen LogP contribution in [0.15, 0.2) is 109 Å². The summed E-state index contributed by atoms with van der Waals surface area (Å²) < 4.78 is 0. The summed E-state index contributed by atoms with van der Waals surface area (Å²) in [6.07, 6.45) is 0.0478. The van der Waals surface area contributed by atoms with E-state index in [0.29, 0.717) is 0 Å². The number of benzene rings is 4. The van der Waals surface area contributed by atoms with Crippen molar-refractivity contribution in [3.8, 4) is 22.3 Å². The number of para-hydroxylation sites is 3. The van der Waals surface area contributed by atoms with E-state index >= 15 is 0 Å². The topological polar surface area (TPSA) is 19.4 Å². The van der Waals surface area contributed by atoms with Crippen LogP contribution in [0.2, 0.25) is 0 Å². The molecule has 1 aliphatic rings. The molecule has 4 aromatic carbocycles. The molecule has 6 rings (SSSR count). The zero-order valence-corrected chi connectivity index (χ0v) is 21.8. The van der Waals surface area contributed by atoms with E-state index in [1.807, 2.05) is 0 Å². The van der Waals surface area contributed by atoms with Crippen LogP contribution in [0.5, 0.6) is 0 Å². The molecule has 0 unspecified atom stereocenters. The fraction of sp³-hybridized carbons (Fsp3) is 0.147. The Kier molecular flexibility index (Phi) is 5.77. The highest BCUT2D eigenvalue weighted by molar-refractivity contribution is 5.99. The van der Waals surface area contributed by atoms with E-state index in [0.717, 1.165) is 11.4 Å². The van der Waals surface area contributed by atoms with Gasteiger partial charge in [0.1, 0.15) is 6.17 Å². The van der Waals surface area contributed by atoms with Gasteiger partial charge in [-0.2, -0.15) is 0 Å². The van der Waals surface area contributed by atoms with Crippen molar-refractivity contribution in [1.82, 2.24) is 4.98 Å². The van der Waals surface area contributed by atoms with E-state index in [1.165, 1.54) is 50.6 Å². The van der Waals surface area contributed by atoms with Crippen LogP contribution in [0.4, 0.5) is 22.7 Å². The Labute approximate surface area is 219 Å². The Morgan fingerprint density at radius 2 is 1.05 bits per heavy atom. The van der Waals surface area contributed by atoms with Gasteiger partial charge in [0.15, 0.2) is 0 Å². The van der Waals surface area contributed by atoms with Crippen LogP contribution < -0.4 is 9.80 Å². The first-order valence-corrected chi connectivity index (χ1v) is 12.9. The first-order valence-electron chi connectivity index (χ1n) is 12.9. The van der Waals surface area contributed by atoms with Crippen molar-refractivity contribution in [2.24, 2.45) is 0 Å². The lowest BCUT2D eigenvalue weighted by Crippen LogP contribution is -2.36. The van der Waals surface area contributed by atoms with E-state index in [1.54, 1.807) is 0 Å². The second-order valence-electron chi connectivity index (χ2n) is 9.81. The van der Waals surface area contributed by atoms with Gasteiger partial charge in [0.25, 0.3) is 0 Å². The Morgan fingerprint density at radius 1 is 0.568 bits per heavy atom. The number of aromatic nitrogens is 1. The molecule has 0 spiro atoms. The van der Waals surface area contributed by atoms with E-state index < -0.39 is 0 Å². The molecule has 0 bridgehead atoms. The van der Waals surface area contributed by atoms with Crippen LogP contribution in [0.3, 0.4) is 0 Å². The third-order valence-electron chi connectivity index (χ3n) is 7.32. The number of pyridine rings is 1. The molecule has 0 aliphatic carbocycles. The van der Waals surface area contributed by atoms with Crippen LogP contribution in [-0.4, -0.2) is 11.1 Å². The van der Waals surface area contributed by atoms with Gasteiger partial charge in [0.05, 0.1) is 28.4 Å². The van der Waals surface area contributed by atoms with Gasteiger partial charge in [-0.1, -0.05) is 91.0 Å². The van der Waals surface area contributed by atoms with Gasteiger partial charge in [0.2, 0.25) is 0 Å². The summed E-state index contributed by atoms with van der Waals surface area (Å²) in [7, 11) is 0. The summed E-state index contributed by atoms with van der Waals surface area (Å²) in [5.41, 5.74) is 13.0. The molecule has 5 aromatic rings. The fourth-order valence-corrected chi connectivity index (χ4v) is 5.89. The molecule has 0 fully saturated rings. The van der Waals surface area contributed by atoms with Gasteiger partial charge in [0, 0.05) is 16.8 Å². The van der Waals surface area contributed by atoms with Crippen molar-refractivity contribution in [3.05, 3.63) is 126 Å². The maximum Gasteiger partial charge on any atom is 0.108 e. The lowest BCUT2D eigenvalue weighted by Gasteiger charge is -2.34. The zero-order valence-electron chi connectivity index (χ0n) is 21.8. The summed E-state index contributed by atoms with van der Waals surface area (Å²) in [5, 5.41) is 0. The van der Waals surface area contributed by atoms with Crippen molar-refractivity contribution < 1.29 is 0 Å². The maximum atomic E-state index is 4.85. The van der Waals surface area contributed by atoms with Crippen molar-refractivity contribution in [3.63, 3.8) is 0 Å². The summed E-state index contributed by atoms with van der Waals surface area (Å²) in [5.74, 6) is 0. The fourth-order valence-electron chi connectivity index (χ4n) is 5.89. The van der Waals surface area contributed by atoms with Gasteiger partial charge in [-0.3, -0.25) is 4.98 Å². The van der Waals surface area contributed by atoms with E-state index in [-0.39, 0.29) is 6.17 Å². The maximum absolute atomic E-state index is 4.85. The van der Waals surface area contributed by atoms with Crippen LogP contribution in [-0.2, 0) is 0 Å². The van der Waals surface area contributed by atoms with Gasteiger partial charge >= 0.3 is 0 Å². The number of fused-ring (bicyclic) bond motifs is 1. The van der Waals surface area contributed by atoms with Crippen molar-refractivity contribution in [2.75, 3.05) is 9.80 Å². The van der Waals surface area contributed by atoms with E-state index in [4.69, 9.17) is 4.98 Å². The molecule has 1 atom stereocenters. The molecule has 37 heavy (non-hydrogen) atoms. The molecule has 3 nitrogen and oxygen atoms in total. The number of hydrogen-bond acceptors (Lipinski definition) is 3. The van der Waals surface area contributed by atoms with Crippen molar-refractivity contribution in [2.45, 2.75) is 33.9 Å². The number of aryl methyl sites for hydroxylation is 3. The van der Waals surface area contributed by atoms with Crippen molar-refractivity contribution >= 4 is 22.7 Å². The molecule has 0 saturated carbocycles. The molecule has 2 heterocycles. The normalized spacial score (nSPS) is 14.6. The smallest absolute Gasteiger partial charge is 0.108 e. The van der Waals surface area contributed by atoms with E-state index in [9.17, 15) is 0 Å². The molecular formula is C34H31N3. The van der Waals surface area contributed by atoms with Crippen LogP contribution in [0.1, 0.15) is 23.9 Å². The Hall–Kier alpha value is -4.37. The molecule has 1 aliphatic heterocycles. The number of hydrogen-bond donors (Lipinski definition) is 0. The average Bonchev–Trinajstić information content (AvgIpc) is 3.20.